The predicted octanol–water partition coefficient (Wildman–Crippen LogP) is 2.08. The third kappa shape index (κ3) is 4.32. The van der Waals surface area contributed by atoms with Crippen molar-refractivity contribution in [1.82, 2.24) is 9.21 Å². The van der Waals surface area contributed by atoms with Crippen molar-refractivity contribution in [2.75, 3.05) is 19.8 Å². The SMILES string of the molecule is Cc1ccc(CN(C)C(=O)C2CCCCN2S(C)(=O)=O)c(C)c1. The van der Waals surface area contributed by atoms with Crippen LogP contribution in [-0.2, 0) is 21.4 Å². The average molecular weight is 338 g/mol. The lowest BCUT2D eigenvalue weighted by atomic mass is 10.0. The Morgan fingerprint density at radius 3 is 2.61 bits per heavy atom. The highest BCUT2D eigenvalue weighted by molar-refractivity contribution is 7.88. The lowest BCUT2D eigenvalue weighted by Gasteiger charge is -2.35. The molecule has 0 N–H and O–H groups in total. The highest BCUT2D eigenvalue weighted by Gasteiger charge is 2.35. The maximum Gasteiger partial charge on any atom is 0.241 e. The molecule has 1 unspecified atom stereocenters. The number of likely N-dealkylation sites (N-methyl/N-ethyl adjacent to an activating group) is 1. The number of hydrogen-bond acceptors (Lipinski definition) is 3. The van der Waals surface area contributed by atoms with Crippen LogP contribution < -0.4 is 0 Å². The summed E-state index contributed by atoms with van der Waals surface area (Å²) >= 11 is 0. The van der Waals surface area contributed by atoms with Crippen molar-refractivity contribution in [1.29, 1.82) is 0 Å². The summed E-state index contributed by atoms with van der Waals surface area (Å²) in [5.74, 6) is -0.116. The van der Waals surface area contributed by atoms with Gasteiger partial charge in [0, 0.05) is 20.1 Å². The Hall–Kier alpha value is -1.40. The van der Waals surface area contributed by atoms with Gasteiger partial charge >= 0.3 is 0 Å². The first-order valence-corrected chi connectivity index (χ1v) is 9.83. The Balaban J connectivity index is 2.14. The zero-order valence-electron chi connectivity index (χ0n) is 14.4. The van der Waals surface area contributed by atoms with Crippen molar-refractivity contribution in [3.63, 3.8) is 0 Å². The van der Waals surface area contributed by atoms with Gasteiger partial charge in [-0.15, -0.1) is 0 Å². The van der Waals surface area contributed by atoms with Gasteiger partial charge in [-0.05, 0) is 37.8 Å². The summed E-state index contributed by atoms with van der Waals surface area (Å²) in [4.78, 5) is 14.4. The first-order valence-electron chi connectivity index (χ1n) is 7.98. The highest BCUT2D eigenvalue weighted by atomic mass is 32.2. The molecule has 128 valence electrons. The van der Waals surface area contributed by atoms with E-state index in [0.29, 0.717) is 19.5 Å². The summed E-state index contributed by atoms with van der Waals surface area (Å²) < 4.78 is 25.2. The van der Waals surface area contributed by atoms with Gasteiger partial charge in [0.25, 0.3) is 0 Å². The smallest absolute Gasteiger partial charge is 0.241 e. The number of amides is 1. The van der Waals surface area contributed by atoms with Gasteiger partial charge in [-0.2, -0.15) is 4.31 Å². The first kappa shape index (κ1) is 17.9. The molecule has 1 atom stereocenters. The number of rotatable bonds is 4. The van der Waals surface area contributed by atoms with E-state index in [9.17, 15) is 13.2 Å². The van der Waals surface area contributed by atoms with Crippen LogP contribution in [0, 0.1) is 13.8 Å². The van der Waals surface area contributed by atoms with Crippen LogP contribution in [-0.4, -0.2) is 49.4 Å². The van der Waals surface area contributed by atoms with Gasteiger partial charge < -0.3 is 4.90 Å². The number of carbonyl (C=O) groups is 1. The molecular formula is C17H26N2O3S. The molecule has 0 radical (unpaired) electrons. The Bertz CT molecular complexity index is 685. The van der Waals surface area contributed by atoms with Crippen LogP contribution in [0.5, 0.6) is 0 Å². The topological polar surface area (TPSA) is 57.7 Å². The Labute approximate surface area is 139 Å². The fourth-order valence-electron chi connectivity index (χ4n) is 3.16. The second-order valence-corrected chi connectivity index (χ2v) is 8.44. The third-order valence-corrected chi connectivity index (χ3v) is 5.74. The number of sulfonamides is 1. The maximum absolute atomic E-state index is 12.8. The summed E-state index contributed by atoms with van der Waals surface area (Å²) in [5, 5.41) is 0. The molecule has 1 aliphatic heterocycles. The molecule has 0 aromatic heterocycles. The van der Waals surface area contributed by atoms with E-state index in [0.717, 1.165) is 24.0 Å². The minimum Gasteiger partial charge on any atom is -0.340 e. The fraction of sp³-hybridized carbons (Fsp3) is 0.588. The molecule has 23 heavy (non-hydrogen) atoms. The van der Waals surface area contributed by atoms with Gasteiger partial charge in [-0.1, -0.05) is 30.2 Å². The zero-order valence-corrected chi connectivity index (χ0v) is 15.2. The van der Waals surface area contributed by atoms with Crippen molar-refractivity contribution in [3.8, 4) is 0 Å². The lowest BCUT2D eigenvalue weighted by Crippen LogP contribution is -2.51. The fourth-order valence-corrected chi connectivity index (χ4v) is 4.28. The molecule has 1 saturated heterocycles. The first-order chi connectivity index (χ1) is 10.7. The van der Waals surface area contributed by atoms with Crippen LogP contribution in [0.15, 0.2) is 18.2 Å². The Morgan fingerprint density at radius 1 is 1.30 bits per heavy atom. The molecule has 1 aromatic carbocycles. The highest BCUT2D eigenvalue weighted by Crippen LogP contribution is 2.22. The van der Waals surface area contributed by atoms with E-state index in [4.69, 9.17) is 0 Å². The number of nitrogens with zero attached hydrogens (tertiary/aromatic N) is 2. The average Bonchev–Trinajstić information content (AvgIpc) is 2.48. The van der Waals surface area contributed by atoms with E-state index in [-0.39, 0.29) is 5.91 Å². The van der Waals surface area contributed by atoms with Crippen molar-refractivity contribution in [2.45, 2.75) is 45.7 Å². The molecule has 1 amide bonds. The van der Waals surface area contributed by atoms with E-state index >= 15 is 0 Å². The molecule has 2 rings (SSSR count). The number of aryl methyl sites for hydroxylation is 2. The van der Waals surface area contributed by atoms with Gasteiger partial charge in [-0.3, -0.25) is 4.79 Å². The van der Waals surface area contributed by atoms with E-state index < -0.39 is 16.1 Å². The standard InChI is InChI=1S/C17H26N2O3S/c1-13-8-9-15(14(2)11-13)12-18(3)17(20)16-7-5-6-10-19(16)23(4,21)22/h8-9,11,16H,5-7,10,12H2,1-4H3. The van der Waals surface area contributed by atoms with Gasteiger partial charge in [0.05, 0.1) is 6.26 Å². The van der Waals surface area contributed by atoms with Crippen LogP contribution >= 0.6 is 0 Å². The molecule has 0 saturated carbocycles. The van der Waals surface area contributed by atoms with Gasteiger partial charge in [0.15, 0.2) is 0 Å². The Kier molecular flexibility index (Phi) is 5.47. The van der Waals surface area contributed by atoms with Gasteiger partial charge in [0.2, 0.25) is 15.9 Å². The minimum atomic E-state index is -3.35. The molecule has 6 heteroatoms. The van der Waals surface area contributed by atoms with Gasteiger partial charge in [-0.25, -0.2) is 8.42 Å². The molecule has 1 aliphatic rings. The van der Waals surface area contributed by atoms with Crippen LogP contribution in [0.4, 0.5) is 0 Å². The lowest BCUT2D eigenvalue weighted by molar-refractivity contribution is -0.135. The largest absolute Gasteiger partial charge is 0.340 e. The van der Waals surface area contributed by atoms with Crippen LogP contribution in [0.1, 0.15) is 36.0 Å². The van der Waals surface area contributed by atoms with Crippen LogP contribution in [0.3, 0.4) is 0 Å². The van der Waals surface area contributed by atoms with E-state index in [1.807, 2.05) is 26.0 Å². The number of piperidine rings is 1. The molecule has 0 spiro atoms. The molecule has 1 heterocycles. The van der Waals surface area contributed by atoms with Crippen molar-refractivity contribution in [2.24, 2.45) is 0 Å². The predicted molar refractivity (Wildman–Crippen MR) is 91.6 cm³/mol. The van der Waals surface area contributed by atoms with Crippen LogP contribution in [0.25, 0.3) is 0 Å². The third-order valence-electron chi connectivity index (χ3n) is 4.45. The molecule has 0 bridgehead atoms. The quantitative estimate of drug-likeness (QED) is 0.844. The zero-order chi connectivity index (χ0) is 17.2. The number of benzene rings is 1. The molecule has 1 aromatic rings. The second kappa shape index (κ2) is 7.01. The molecule has 5 nitrogen and oxygen atoms in total. The Morgan fingerprint density at radius 2 is 2.00 bits per heavy atom. The monoisotopic (exact) mass is 338 g/mol. The number of carbonyl (C=O) groups excluding carboxylic acids is 1. The summed E-state index contributed by atoms with van der Waals surface area (Å²) in [7, 11) is -1.61. The molecule has 1 fully saturated rings. The van der Waals surface area contributed by atoms with Crippen molar-refractivity contribution < 1.29 is 13.2 Å². The van der Waals surface area contributed by atoms with E-state index in [1.165, 1.54) is 16.1 Å². The summed E-state index contributed by atoms with van der Waals surface area (Å²) in [6.45, 7) is 5.01. The summed E-state index contributed by atoms with van der Waals surface area (Å²) in [6, 6.07) is 5.60. The minimum absolute atomic E-state index is 0.116. The summed E-state index contributed by atoms with van der Waals surface area (Å²) in [6.07, 6.45) is 3.49. The van der Waals surface area contributed by atoms with Crippen molar-refractivity contribution >= 4 is 15.9 Å². The normalized spacial score (nSPS) is 19.6. The maximum atomic E-state index is 12.8. The summed E-state index contributed by atoms with van der Waals surface area (Å²) in [5.41, 5.74) is 3.43. The second-order valence-electron chi connectivity index (χ2n) is 6.51. The van der Waals surface area contributed by atoms with Crippen molar-refractivity contribution in [3.05, 3.63) is 34.9 Å². The number of hydrogen-bond donors (Lipinski definition) is 0. The van der Waals surface area contributed by atoms with E-state index in [1.54, 1.807) is 11.9 Å². The van der Waals surface area contributed by atoms with Crippen LogP contribution in [0.2, 0.25) is 0 Å². The molecular weight excluding hydrogens is 312 g/mol. The molecule has 0 aliphatic carbocycles. The van der Waals surface area contributed by atoms with E-state index in [2.05, 4.69) is 6.07 Å². The van der Waals surface area contributed by atoms with Gasteiger partial charge in [0.1, 0.15) is 6.04 Å².